The third-order valence-corrected chi connectivity index (χ3v) is 6.95. The zero-order chi connectivity index (χ0) is 21.6. The smallest absolute Gasteiger partial charge is 0.224 e. The van der Waals surface area contributed by atoms with E-state index in [-0.39, 0.29) is 5.91 Å². The van der Waals surface area contributed by atoms with Gasteiger partial charge in [0.1, 0.15) is 11.5 Å². The second-order valence-electron chi connectivity index (χ2n) is 8.80. The Balaban J connectivity index is 1.21. The number of likely N-dealkylation sites (tertiary alicyclic amines) is 1. The number of piperidine rings is 1. The van der Waals surface area contributed by atoms with Crippen LogP contribution in [0.15, 0.2) is 42.5 Å². The molecule has 0 bridgehead atoms. The van der Waals surface area contributed by atoms with Crippen molar-refractivity contribution in [1.29, 1.82) is 0 Å². The quantitative estimate of drug-likeness (QED) is 0.703. The number of methoxy groups -OCH3 is 2. The summed E-state index contributed by atoms with van der Waals surface area (Å²) in [6.45, 7) is 2.32. The standard InChI is InChI=1S/C26H34N2O3/c1-30-23-10-11-24(25(18-23)31-2)27-26(29)12-7-19-13-15-28(16-14-19)22-9-8-20-5-3-4-6-21(20)17-22/h3-6,10-11,18-19,22H,7-9,12-17H2,1-2H3,(H,27,29)/t22-/m0/s1. The molecule has 0 radical (unpaired) electrons. The van der Waals surface area contributed by atoms with Crippen LogP contribution in [0.2, 0.25) is 0 Å². The van der Waals surface area contributed by atoms with E-state index in [4.69, 9.17) is 9.47 Å². The first-order valence-electron chi connectivity index (χ1n) is 11.5. The van der Waals surface area contributed by atoms with E-state index < -0.39 is 0 Å². The lowest BCUT2D eigenvalue weighted by molar-refractivity contribution is -0.116. The van der Waals surface area contributed by atoms with Gasteiger partial charge in [-0.3, -0.25) is 4.79 Å². The van der Waals surface area contributed by atoms with Gasteiger partial charge in [0.15, 0.2) is 0 Å². The topological polar surface area (TPSA) is 50.8 Å². The van der Waals surface area contributed by atoms with Gasteiger partial charge in [-0.2, -0.15) is 0 Å². The molecule has 1 fully saturated rings. The molecule has 4 rings (SSSR count). The lowest BCUT2D eigenvalue weighted by Gasteiger charge is -2.39. The molecule has 0 saturated carbocycles. The van der Waals surface area contributed by atoms with Gasteiger partial charge in [0, 0.05) is 18.5 Å². The molecule has 2 aliphatic rings. The molecular formula is C26H34N2O3. The van der Waals surface area contributed by atoms with Gasteiger partial charge in [-0.15, -0.1) is 0 Å². The molecule has 1 N–H and O–H groups in total. The van der Waals surface area contributed by atoms with E-state index >= 15 is 0 Å². The summed E-state index contributed by atoms with van der Waals surface area (Å²) in [5.74, 6) is 2.02. The van der Waals surface area contributed by atoms with Crippen LogP contribution in [0.5, 0.6) is 11.5 Å². The van der Waals surface area contributed by atoms with Crippen LogP contribution >= 0.6 is 0 Å². The molecule has 1 heterocycles. The lowest BCUT2D eigenvalue weighted by Crippen LogP contribution is -2.44. The Morgan fingerprint density at radius 3 is 2.55 bits per heavy atom. The fourth-order valence-corrected chi connectivity index (χ4v) is 5.05. The minimum absolute atomic E-state index is 0.0507. The molecule has 1 saturated heterocycles. The van der Waals surface area contributed by atoms with E-state index in [0.717, 1.165) is 19.5 Å². The number of amides is 1. The molecule has 0 unspecified atom stereocenters. The average molecular weight is 423 g/mol. The Hall–Kier alpha value is -2.53. The van der Waals surface area contributed by atoms with Gasteiger partial charge in [-0.25, -0.2) is 0 Å². The Labute approximate surface area is 185 Å². The van der Waals surface area contributed by atoms with Crippen molar-refractivity contribution in [3.63, 3.8) is 0 Å². The summed E-state index contributed by atoms with van der Waals surface area (Å²) in [5, 5.41) is 2.99. The summed E-state index contributed by atoms with van der Waals surface area (Å²) in [5.41, 5.74) is 3.76. The molecule has 0 spiro atoms. The van der Waals surface area contributed by atoms with E-state index in [9.17, 15) is 4.79 Å². The molecule has 1 amide bonds. The molecule has 2 aromatic carbocycles. The van der Waals surface area contributed by atoms with Gasteiger partial charge >= 0.3 is 0 Å². The van der Waals surface area contributed by atoms with E-state index in [1.807, 2.05) is 12.1 Å². The third-order valence-electron chi connectivity index (χ3n) is 6.95. The SMILES string of the molecule is COc1ccc(NC(=O)CCC2CCN([C@H]3CCc4ccccc4C3)CC2)c(OC)c1. The van der Waals surface area contributed by atoms with Crippen LogP contribution in [0.4, 0.5) is 5.69 Å². The van der Waals surface area contributed by atoms with Gasteiger partial charge in [-0.1, -0.05) is 24.3 Å². The molecule has 1 atom stereocenters. The molecule has 0 aromatic heterocycles. The van der Waals surface area contributed by atoms with Crippen molar-refractivity contribution in [3.8, 4) is 11.5 Å². The van der Waals surface area contributed by atoms with Crippen molar-refractivity contribution in [2.45, 2.75) is 51.0 Å². The van der Waals surface area contributed by atoms with Crippen molar-refractivity contribution in [2.75, 3.05) is 32.6 Å². The number of fused-ring (bicyclic) bond motifs is 1. The summed E-state index contributed by atoms with van der Waals surface area (Å²) in [7, 11) is 3.22. The van der Waals surface area contributed by atoms with Crippen molar-refractivity contribution in [3.05, 3.63) is 53.6 Å². The van der Waals surface area contributed by atoms with Crippen LogP contribution < -0.4 is 14.8 Å². The molecule has 5 heteroatoms. The van der Waals surface area contributed by atoms with Gasteiger partial charge < -0.3 is 19.7 Å². The number of rotatable bonds is 7. The van der Waals surface area contributed by atoms with E-state index in [2.05, 4.69) is 34.5 Å². The molecular weight excluding hydrogens is 388 g/mol. The number of carbonyl (C=O) groups excluding carboxylic acids is 1. The van der Waals surface area contributed by atoms with E-state index in [1.165, 1.54) is 43.2 Å². The fraction of sp³-hybridized carbons (Fsp3) is 0.500. The maximum absolute atomic E-state index is 12.5. The predicted molar refractivity (Wildman–Crippen MR) is 124 cm³/mol. The lowest BCUT2D eigenvalue weighted by atomic mass is 9.85. The number of nitrogens with zero attached hydrogens (tertiary/aromatic N) is 1. The van der Waals surface area contributed by atoms with Crippen LogP contribution in [-0.2, 0) is 17.6 Å². The second kappa shape index (κ2) is 10.2. The first kappa shape index (κ1) is 21.7. The number of hydrogen-bond acceptors (Lipinski definition) is 4. The number of aryl methyl sites for hydroxylation is 1. The number of carbonyl (C=O) groups is 1. The first-order valence-corrected chi connectivity index (χ1v) is 11.5. The largest absolute Gasteiger partial charge is 0.497 e. The van der Waals surface area contributed by atoms with Crippen molar-refractivity contribution in [2.24, 2.45) is 5.92 Å². The molecule has 1 aliphatic heterocycles. The highest BCUT2D eigenvalue weighted by atomic mass is 16.5. The maximum atomic E-state index is 12.5. The van der Waals surface area contributed by atoms with E-state index in [0.29, 0.717) is 35.6 Å². The highest BCUT2D eigenvalue weighted by molar-refractivity contribution is 5.92. The Bertz CT molecular complexity index is 890. The number of benzene rings is 2. The van der Waals surface area contributed by atoms with Crippen molar-refractivity contribution < 1.29 is 14.3 Å². The number of hydrogen-bond donors (Lipinski definition) is 1. The highest BCUT2D eigenvalue weighted by Gasteiger charge is 2.28. The predicted octanol–water partition coefficient (Wildman–Crippen LogP) is 4.69. The number of ether oxygens (including phenoxy) is 2. The number of nitrogens with one attached hydrogen (secondary N) is 1. The van der Waals surface area contributed by atoms with Crippen LogP contribution in [0.1, 0.15) is 43.2 Å². The van der Waals surface area contributed by atoms with Gasteiger partial charge in [-0.05, 0) is 80.8 Å². The summed E-state index contributed by atoms with van der Waals surface area (Å²) in [4.78, 5) is 15.2. The van der Waals surface area contributed by atoms with Crippen molar-refractivity contribution in [1.82, 2.24) is 4.90 Å². The maximum Gasteiger partial charge on any atom is 0.224 e. The van der Waals surface area contributed by atoms with Crippen LogP contribution in [-0.4, -0.2) is 44.2 Å². The minimum Gasteiger partial charge on any atom is -0.497 e. The molecule has 2 aromatic rings. The Morgan fingerprint density at radius 2 is 1.81 bits per heavy atom. The Kier molecular flexibility index (Phi) is 7.13. The monoisotopic (exact) mass is 422 g/mol. The minimum atomic E-state index is 0.0507. The number of anilines is 1. The van der Waals surface area contributed by atoms with Crippen LogP contribution in [0.25, 0.3) is 0 Å². The van der Waals surface area contributed by atoms with E-state index in [1.54, 1.807) is 20.3 Å². The van der Waals surface area contributed by atoms with Crippen LogP contribution in [0.3, 0.4) is 0 Å². The zero-order valence-electron chi connectivity index (χ0n) is 18.7. The third kappa shape index (κ3) is 5.40. The molecule has 5 nitrogen and oxygen atoms in total. The van der Waals surface area contributed by atoms with Gasteiger partial charge in [0.25, 0.3) is 0 Å². The zero-order valence-corrected chi connectivity index (χ0v) is 18.7. The molecule has 1 aliphatic carbocycles. The first-order chi connectivity index (χ1) is 15.2. The van der Waals surface area contributed by atoms with Crippen molar-refractivity contribution >= 4 is 11.6 Å². The molecule has 166 valence electrons. The summed E-state index contributed by atoms with van der Waals surface area (Å²) in [6.07, 6.45) is 7.55. The normalized spacial score (nSPS) is 19.5. The summed E-state index contributed by atoms with van der Waals surface area (Å²) in [6, 6.07) is 15.0. The van der Waals surface area contributed by atoms with Crippen LogP contribution in [0, 0.1) is 5.92 Å². The van der Waals surface area contributed by atoms with Gasteiger partial charge in [0.2, 0.25) is 5.91 Å². The average Bonchev–Trinajstić information content (AvgIpc) is 2.83. The second-order valence-corrected chi connectivity index (χ2v) is 8.80. The summed E-state index contributed by atoms with van der Waals surface area (Å²) < 4.78 is 10.6. The Morgan fingerprint density at radius 1 is 1.03 bits per heavy atom. The van der Waals surface area contributed by atoms with Gasteiger partial charge in [0.05, 0.1) is 19.9 Å². The summed E-state index contributed by atoms with van der Waals surface area (Å²) >= 11 is 0. The highest BCUT2D eigenvalue weighted by Crippen LogP contribution is 2.31. The fourth-order valence-electron chi connectivity index (χ4n) is 5.05. The molecule has 31 heavy (non-hydrogen) atoms.